The van der Waals surface area contributed by atoms with Gasteiger partial charge in [-0.3, -0.25) is 0 Å². The van der Waals surface area contributed by atoms with Crippen molar-refractivity contribution in [1.82, 2.24) is 9.97 Å². The molecule has 18 heavy (non-hydrogen) atoms. The lowest BCUT2D eigenvalue weighted by Crippen LogP contribution is -2.01. The van der Waals surface area contributed by atoms with E-state index >= 15 is 0 Å². The molecule has 0 fully saturated rings. The molecular formula is C12H13ClN4O. The van der Waals surface area contributed by atoms with Gasteiger partial charge < -0.3 is 15.8 Å². The van der Waals surface area contributed by atoms with E-state index in [0.717, 1.165) is 17.0 Å². The van der Waals surface area contributed by atoms with Crippen LogP contribution in [0.5, 0.6) is 5.75 Å². The van der Waals surface area contributed by atoms with Crippen LogP contribution in [0.4, 0.5) is 17.2 Å². The number of hydrogen-bond acceptors (Lipinski definition) is 5. The number of aryl methyl sites for hydroxylation is 1. The number of aromatic nitrogens is 2. The molecule has 0 aliphatic heterocycles. The highest BCUT2D eigenvalue weighted by Crippen LogP contribution is 2.27. The zero-order valence-corrected chi connectivity index (χ0v) is 10.8. The monoisotopic (exact) mass is 264 g/mol. The molecule has 0 aliphatic rings. The molecule has 0 radical (unpaired) electrons. The summed E-state index contributed by atoms with van der Waals surface area (Å²) >= 11 is 5.82. The Morgan fingerprint density at radius 2 is 2.11 bits per heavy atom. The lowest BCUT2D eigenvalue weighted by atomic mass is 10.2. The number of hydrogen-bond donors (Lipinski definition) is 2. The Bertz CT molecular complexity index is 574. The predicted octanol–water partition coefficient (Wildman–Crippen LogP) is 2.77. The van der Waals surface area contributed by atoms with Crippen molar-refractivity contribution in [2.45, 2.75) is 6.92 Å². The summed E-state index contributed by atoms with van der Waals surface area (Å²) in [5.41, 5.74) is 7.98. The van der Waals surface area contributed by atoms with Crippen LogP contribution < -0.4 is 15.8 Å². The van der Waals surface area contributed by atoms with Crippen LogP contribution in [0.3, 0.4) is 0 Å². The smallest absolute Gasteiger partial charge is 0.158 e. The first-order valence-corrected chi connectivity index (χ1v) is 5.67. The maximum Gasteiger partial charge on any atom is 0.158 e. The molecule has 1 aromatic carbocycles. The molecule has 0 amide bonds. The summed E-state index contributed by atoms with van der Waals surface area (Å²) in [5.74, 6) is 1.31. The Balaban J connectivity index is 2.29. The van der Waals surface area contributed by atoms with E-state index in [1.165, 1.54) is 6.33 Å². The third-order valence-electron chi connectivity index (χ3n) is 2.49. The SMILES string of the molecule is COc1ccc(Nc2ncnc(Cl)c2N)cc1C. The zero-order valence-electron chi connectivity index (χ0n) is 10.1. The molecule has 2 aromatic rings. The zero-order chi connectivity index (χ0) is 13.1. The van der Waals surface area contributed by atoms with Crippen molar-refractivity contribution < 1.29 is 4.74 Å². The number of nitrogens with one attached hydrogen (secondary N) is 1. The molecule has 0 atom stereocenters. The summed E-state index contributed by atoms with van der Waals surface area (Å²) in [7, 11) is 1.64. The van der Waals surface area contributed by atoms with Crippen LogP contribution in [0.2, 0.25) is 5.15 Å². The van der Waals surface area contributed by atoms with E-state index in [4.69, 9.17) is 22.1 Å². The summed E-state index contributed by atoms with van der Waals surface area (Å²) in [4.78, 5) is 7.84. The van der Waals surface area contributed by atoms with Crippen LogP contribution in [0.15, 0.2) is 24.5 Å². The fourth-order valence-electron chi connectivity index (χ4n) is 1.57. The van der Waals surface area contributed by atoms with Gasteiger partial charge in [-0.25, -0.2) is 9.97 Å². The Labute approximate surface area is 110 Å². The molecular weight excluding hydrogens is 252 g/mol. The summed E-state index contributed by atoms with van der Waals surface area (Å²) < 4.78 is 5.19. The molecule has 0 unspecified atom stereocenters. The molecule has 6 heteroatoms. The van der Waals surface area contributed by atoms with Crippen molar-refractivity contribution >= 4 is 28.8 Å². The van der Waals surface area contributed by atoms with E-state index in [2.05, 4.69) is 15.3 Å². The van der Waals surface area contributed by atoms with E-state index in [1.54, 1.807) is 7.11 Å². The third-order valence-corrected chi connectivity index (χ3v) is 2.79. The Kier molecular flexibility index (Phi) is 3.53. The molecule has 1 heterocycles. The predicted molar refractivity (Wildman–Crippen MR) is 72.5 cm³/mol. The maximum absolute atomic E-state index is 5.82. The van der Waals surface area contributed by atoms with Crippen molar-refractivity contribution in [1.29, 1.82) is 0 Å². The molecule has 0 bridgehead atoms. The van der Waals surface area contributed by atoms with Crippen molar-refractivity contribution in [2.75, 3.05) is 18.2 Å². The average molecular weight is 265 g/mol. The Morgan fingerprint density at radius 3 is 2.78 bits per heavy atom. The van der Waals surface area contributed by atoms with Crippen LogP contribution in [-0.2, 0) is 0 Å². The maximum atomic E-state index is 5.82. The number of nitrogen functional groups attached to an aromatic ring is 1. The minimum absolute atomic E-state index is 0.234. The summed E-state index contributed by atoms with van der Waals surface area (Å²) in [6.07, 6.45) is 1.36. The van der Waals surface area contributed by atoms with E-state index in [1.807, 2.05) is 25.1 Å². The normalized spacial score (nSPS) is 10.2. The highest BCUT2D eigenvalue weighted by atomic mass is 35.5. The molecule has 0 spiro atoms. The van der Waals surface area contributed by atoms with Crippen molar-refractivity contribution in [3.63, 3.8) is 0 Å². The van der Waals surface area contributed by atoms with Gasteiger partial charge in [0.2, 0.25) is 0 Å². The molecule has 3 N–H and O–H groups in total. The molecule has 0 aliphatic carbocycles. The minimum Gasteiger partial charge on any atom is -0.496 e. The van der Waals surface area contributed by atoms with Crippen LogP contribution in [0, 0.1) is 6.92 Å². The van der Waals surface area contributed by atoms with Crippen LogP contribution >= 0.6 is 11.6 Å². The Morgan fingerprint density at radius 1 is 1.33 bits per heavy atom. The van der Waals surface area contributed by atoms with E-state index in [-0.39, 0.29) is 5.15 Å². The Hall–Kier alpha value is -2.01. The summed E-state index contributed by atoms with van der Waals surface area (Å²) in [5, 5.41) is 3.32. The largest absolute Gasteiger partial charge is 0.496 e. The highest BCUT2D eigenvalue weighted by Gasteiger charge is 2.07. The number of methoxy groups -OCH3 is 1. The molecule has 0 saturated heterocycles. The number of halogens is 1. The summed E-state index contributed by atoms with van der Waals surface area (Å²) in [6.45, 7) is 1.96. The van der Waals surface area contributed by atoms with Crippen molar-refractivity contribution in [2.24, 2.45) is 0 Å². The highest BCUT2D eigenvalue weighted by molar-refractivity contribution is 6.32. The van der Waals surface area contributed by atoms with Gasteiger partial charge in [0.1, 0.15) is 17.8 Å². The first-order valence-electron chi connectivity index (χ1n) is 5.29. The number of nitrogens with zero attached hydrogens (tertiary/aromatic N) is 2. The second-order valence-electron chi connectivity index (χ2n) is 3.74. The second kappa shape index (κ2) is 5.10. The lowest BCUT2D eigenvalue weighted by Gasteiger charge is -2.10. The number of ether oxygens (including phenoxy) is 1. The van der Waals surface area contributed by atoms with Gasteiger partial charge in [-0.05, 0) is 30.7 Å². The van der Waals surface area contributed by atoms with E-state index in [0.29, 0.717) is 11.5 Å². The quantitative estimate of drug-likeness (QED) is 0.834. The van der Waals surface area contributed by atoms with Gasteiger partial charge in [-0.2, -0.15) is 0 Å². The lowest BCUT2D eigenvalue weighted by molar-refractivity contribution is 0.412. The van der Waals surface area contributed by atoms with Gasteiger partial charge in [0.25, 0.3) is 0 Å². The van der Waals surface area contributed by atoms with Gasteiger partial charge in [-0.15, -0.1) is 0 Å². The molecule has 2 rings (SSSR count). The number of rotatable bonds is 3. The van der Waals surface area contributed by atoms with Crippen molar-refractivity contribution in [3.05, 3.63) is 35.2 Å². The second-order valence-corrected chi connectivity index (χ2v) is 4.09. The van der Waals surface area contributed by atoms with Crippen LogP contribution in [0.25, 0.3) is 0 Å². The third kappa shape index (κ3) is 2.46. The molecule has 0 saturated carbocycles. The molecule has 1 aromatic heterocycles. The van der Waals surface area contributed by atoms with E-state index < -0.39 is 0 Å². The van der Waals surface area contributed by atoms with E-state index in [9.17, 15) is 0 Å². The van der Waals surface area contributed by atoms with Crippen molar-refractivity contribution in [3.8, 4) is 5.75 Å². The van der Waals surface area contributed by atoms with Gasteiger partial charge in [0.05, 0.1) is 7.11 Å². The fourth-order valence-corrected chi connectivity index (χ4v) is 1.70. The first-order chi connectivity index (χ1) is 8.61. The minimum atomic E-state index is 0.234. The van der Waals surface area contributed by atoms with Crippen LogP contribution in [0.1, 0.15) is 5.56 Å². The first kappa shape index (κ1) is 12.4. The molecule has 94 valence electrons. The molecule has 5 nitrogen and oxygen atoms in total. The van der Waals surface area contributed by atoms with Crippen LogP contribution in [-0.4, -0.2) is 17.1 Å². The van der Waals surface area contributed by atoms with Gasteiger partial charge in [-0.1, -0.05) is 11.6 Å². The standard InChI is InChI=1S/C12H13ClN4O/c1-7-5-8(3-4-9(7)18-2)17-12-10(14)11(13)15-6-16-12/h3-6H,14H2,1-2H3,(H,15,16,17). The fraction of sp³-hybridized carbons (Fsp3) is 0.167. The number of nitrogens with two attached hydrogens (primary N) is 1. The van der Waals surface area contributed by atoms with Gasteiger partial charge >= 0.3 is 0 Å². The van der Waals surface area contributed by atoms with Gasteiger partial charge in [0, 0.05) is 5.69 Å². The number of anilines is 3. The number of benzene rings is 1. The topological polar surface area (TPSA) is 73.1 Å². The average Bonchev–Trinajstić information content (AvgIpc) is 2.35. The summed E-state index contributed by atoms with van der Waals surface area (Å²) in [6, 6.07) is 5.69. The van der Waals surface area contributed by atoms with Gasteiger partial charge in [0.15, 0.2) is 11.0 Å².